The standard InChI is InChI=1S/C11H13BrN4OS/c1-6-10(12)9(16(2)15-6)4-8(17)3-7-5-18-11(13)14-7/h5H,3-4H2,1-2H3,(H2,13,14). The van der Waals surface area contributed by atoms with E-state index in [1.165, 1.54) is 11.3 Å². The van der Waals surface area contributed by atoms with Crippen molar-refractivity contribution >= 4 is 38.2 Å². The number of Topliss-reactive ketones (excluding diaryl/α,β-unsaturated/α-hetero) is 1. The Bertz CT molecular complexity index is 590. The first-order valence-corrected chi connectivity index (χ1v) is 7.04. The molecule has 0 aliphatic carbocycles. The highest BCUT2D eigenvalue weighted by molar-refractivity contribution is 9.10. The van der Waals surface area contributed by atoms with Crippen LogP contribution in [0.3, 0.4) is 0 Å². The van der Waals surface area contributed by atoms with Crippen LogP contribution in [0.4, 0.5) is 5.13 Å². The molecule has 2 aromatic heterocycles. The van der Waals surface area contributed by atoms with Gasteiger partial charge in [0.15, 0.2) is 5.13 Å². The molecular weight excluding hydrogens is 316 g/mol. The summed E-state index contributed by atoms with van der Waals surface area (Å²) >= 11 is 4.80. The molecule has 5 nitrogen and oxygen atoms in total. The summed E-state index contributed by atoms with van der Waals surface area (Å²) in [6.45, 7) is 1.90. The van der Waals surface area contributed by atoms with E-state index in [-0.39, 0.29) is 5.78 Å². The number of aromatic nitrogens is 3. The van der Waals surface area contributed by atoms with E-state index >= 15 is 0 Å². The Morgan fingerprint density at radius 2 is 2.28 bits per heavy atom. The minimum Gasteiger partial charge on any atom is -0.375 e. The fourth-order valence-electron chi connectivity index (χ4n) is 1.73. The highest BCUT2D eigenvalue weighted by atomic mass is 79.9. The normalized spacial score (nSPS) is 10.8. The lowest BCUT2D eigenvalue weighted by Crippen LogP contribution is -2.10. The summed E-state index contributed by atoms with van der Waals surface area (Å²) in [7, 11) is 1.83. The molecule has 0 saturated carbocycles. The Hall–Kier alpha value is -1.21. The quantitative estimate of drug-likeness (QED) is 0.929. The monoisotopic (exact) mass is 328 g/mol. The first-order chi connectivity index (χ1) is 8.47. The number of aryl methyl sites for hydroxylation is 2. The summed E-state index contributed by atoms with van der Waals surface area (Å²) in [5.74, 6) is 0.101. The number of nitrogen functional groups attached to an aromatic ring is 1. The number of rotatable bonds is 4. The van der Waals surface area contributed by atoms with Gasteiger partial charge in [0.2, 0.25) is 0 Å². The molecule has 18 heavy (non-hydrogen) atoms. The molecule has 0 unspecified atom stereocenters. The second-order valence-corrected chi connectivity index (χ2v) is 5.72. The minimum absolute atomic E-state index is 0.101. The van der Waals surface area contributed by atoms with Crippen LogP contribution in [-0.4, -0.2) is 20.5 Å². The Morgan fingerprint density at radius 3 is 2.78 bits per heavy atom. The van der Waals surface area contributed by atoms with Gasteiger partial charge in [-0.25, -0.2) is 4.98 Å². The number of halogens is 1. The van der Waals surface area contributed by atoms with Crippen LogP contribution < -0.4 is 5.73 Å². The predicted octanol–water partition coefficient (Wildman–Crippen LogP) is 1.88. The maximum atomic E-state index is 12.0. The molecule has 0 aromatic carbocycles. The lowest BCUT2D eigenvalue weighted by Gasteiger charge is -2.01. The maximum Gasteiger partial charge on any atom is 0.180 e. The minimum atomic E-state index is 0.101. The summed E-state index contributed by atoms with van der Waals surface area (Å²) in [4.78, 5) is 16.1. The zero-order valence-corrected chi connectivity index (χ0v) is 12.5. The van der Waals surface area contributed by atoms with E-state index < -0.39 is 0 Å². The van der Waals surface area contributed by atoms with Gasteiger partial charge in [-0.05, 0) is 22.9 Å². The van der Waals surface area contributed by atoms with Gasteiger partial charge in [-0.1, -0.05) is 0 Å². The Balaban J connectivity index is 2.07. The summed E-state index contributed by atoms with van der Waals surface area (Å²) in [6.07, 6.45) is 0.653. The molecule has 0 bridgehead atoms. The predicted molar refractivity (Wildman–Crippen MR) is 74.6 cm³/mol. The fourth-order valence-corrected chi connectivity index (χ4v) is 2.77. The van der Waals surface area contributed by atoms with Crippen LogP contribution in [0.15, 0.2) is 9.85 Å². The van der Waals surface area contributed by atoms with Crippen molar-refractivity contribution in [3.8, 4) is 0 Å². The number of carbonyl (C=O) groups excluding carboxylic acids is 1. The van der Waals surface area contributed by atoms with E-state index in [0.717, 1.165) is 21.6 Å². The van der Waals surface area contributed by atoms with Crippen molar-refractivity contribution in [2.24, 2.45) is 7.05 Å². The first kappa shape index (κ1) is 13.2. The van der Waals surface area contributed by atoms with Crippen LogP contribution in [0.2, 0.25) is 0 Å². The summed E-state index contributed by atoms with van der Waals surface area (Å²) in [5, 5.41) is 6.57. The number of hydrogen-bond donors (Lipinski definition) is 1. The number of nitrogens with zero attached hydrogens (tertiary/aromatic N) is 3. The van der Waals surface area contributed by atoms with E-state index in [4.69, 9.17) is 5.73 Å². The third-order valence-corrected chi connectivity index (χ3v) is 4.33. The average Bonchev–Trinajstić information content (AvgIpc) is 2.78. The SMILES string of the molecule is Cc1nn(C)c(CC(=O)Cc2csc(N)n2)c1Br. The second kappa shape index (κ2) is 5.19. The molecule has 96 valence electrons. The number of carbonyl (C=O) groups is 1. The van der Waals surface area contributed by atoms with Crippen molar-refractivity contribution in [1.82, 2.24) is 14.8 Å². The van der Waals surface area contributed by atoms with Crippen molar-refractivity contribution in [2.45, 2.75) is 19.8 Å². The van der Waals surface area contributed by atoms with Gasteiger partial charge in [0.05, 0.1) is 28.0 Å². The van der Waals surface area contributed by atoms with Gasteiger partial charge >= 0.3 is 0 Å². The Morgan fingerprint density at radius 1 is 1.56 bits per heavy atom. The summed E-state index contributed by atoms with van der Waals surface area (Å²) in [5.41, 5.74) is 8.04. The van der Waals surface area contributed by atoms with Crippen LogP contribution in [0, 0.1) is 6.92 Å². The third-order valence-electron chi connectivity index (χ3n) is 2.57. The zero-order chi connectivity index (χ0) is 13.3. The largest absolute Gasteiger partial charge is 0.375 e. The molecule has 0 saturated heterocycles. The van der Waals surface area contributed by atoms with E-state index in [2.05, 4.69) is 26.0 Å². The van der Waals surface area contributed by atoms with E-state index in [1.54, 1.807) is 4.68 Å². The molecular formula is C11H13BrN4OS. The van der Waals surface area contributed by atoms with Crippen molar-refractivity contribution in [1.29, 1.82) is 0 Å². The summed E-state index contributed by atoms with van der Waals surface area (Å²) in [6, 6.07) is 0. The van der Waals surface area contributed by atoms with E-state index in [9.17, 15) is 4.79 Å². The number of hydrogen-bond acceptors (Lipinski definition) is 5. The number of anilines is 1. The van der Waals surface area contributed by atoms with Crippen LogP contribution in [0.25, 0.3) is 0 Å². The van der Waals surface area contributed by atoms with Crippen molar-refractivity contribution in [3.05, 3.63) is 26.9 Å². The molecule has 2 N–H and O–H groups in total. The first-order valence-electron chi connectivity index (χ1n) is 5.37. The van der Waals surface area contributed by atoms with Gasteiger partial charge in [-0.2, -0.15) is 5.10 Å². The fraction of sp³-hybridized carbons (Fsp3) is 0.364. The van der Waals surface area contributed by atoms with Gasteiger partial charge in [-0.3, -0.25) is 9.48 Å². The van der Waals surface area contributed by atoms with Crippen molar-refractivity contribution in [2.75, 3.05) is 5.73 Å². The molecule has 2 rings (SSSR count). The van der Waals surface area contributed by atoms with Crippen LogP contribution in [-0.2, 0) is 24.7 Å². The average molecular weight is 329 g/mol. The topological polar surface area (TPSA) is 73.8 Å². The molecule has 7 heteroatoms. The maximum absolute atomic E-state index is 12.0. The van der Waals surface area contributed by atoms with E-state index in [1.807, 2.05) is 19.4 Å². The molecule has 2 aromatic rings. The van der Waals surface area contributed by atoms with Crippen LogP contribution >= 0.6 is 27.3 Å². The van der Waals surface area contributed by atoms with Crippen LogP contribution in [0.1, 0.15) is 17.1 Å². The third kappa shape index (κ3) is 2.78. The summed E-state index contributed by atoms with van der Waals surface area (Å²) < 4.78 is 2.63. The highest BCUT2D eigenvalue weighted by Crippen LogP contribution is 2.21. The van der Waals surface area contributed by atoms with Crippen LogP contribution in [0.5, 0.6) is 0 Å². The molecule has 0 radical (unpaired) electrons. The smallest absolute Gasteiger partial charge is 0.180 e. The van der Waals surface area contributed by atoms with Crippen molar-refractivity contribution < 1.29 is 4.79 Å². The molecule has 0 spiro atoms. The lowest BCUT2D eigenvalue weighted by molar-refractivity contribution is -0.117. The number of ketones is 1. The van der Waals surface area contributed by atoms with E-state index in [0.29, 0.717) is 18.0 Å². The molecule has 0 atom stereocenters. The molecule has 0 amide bonds. The Labute approximate surface area is 117 Å². The molecule has 0 aliphatic rings. The number of thiazole rings is 1. The second-order valence-electron chi connectivity index (χ2n) is 4.04. The van der Waals surface area contributed by atoms with Gasteiger partial charge in [0, 0.05) is 18.8 Å². The van der Waals surface area contributed by atoms with Gasteiger partial charge in [0.25, 0.3) is 0 Å². The highest BCUT2D eigenvalue weighted by Gasteiger charge is 2.15. The molecule has 0 aliphatic heterocycles. The number of nitrogens with two attached hydrogens (primary N) is 1. The van der Waals surface area contributed by atoms with Gasteiger partial charge in [-0.15, -0.1) is 11.3 Å². The van der Waals surface area contributed by atoms with Gasteiger partial charge < -0.3 is 5.73 Å². The Kier molecular flexibility index (Phi) is 3.82. The molecule has 0 fully saturated rings. The zero-order valence-electron chi connectivity index (χ0n) is 10.1. The molecule has 2 heterocycles. The van der Waals surface area contributed by atoms with Crippen molar-refractivity contribution in [3.63, 3.8) is 0 Å². The lowest BCUT2D eigenvalue weighted by atomic mass is 10.1. The van der Waals surface area contributed by atoms with Gasteiger partial charge in [0.1, 0.15) is 5.78 Å².